The van der Waals surface area contributed by atoms with Crippen LogP contribution >= 0.6 is 0 Å². The Balaban J connectivity index is 1.59. The monoisotopic (exact) mass is 339 g/mol. The van der Waals surface area contributed by atoms with Crippen LogP contribution in [0.25, 0.3) is 0 Å². The largest absolute Gasteiger partial charge is 0.347 e. The van der Waals surface area contributed by atoms with Crippen LogP contribution in [-0.4, -0.2) is 91.8 Å². The van der Waals surface area contributed by atoms with Crippen molar-refractivity contribution in [2.45, 2.75) is 32.5 Å². The highest BCUT2D eigenvalue weighted by Gasteiger charge is 2.46. The minimum absolute atomic E-state index is 0.0609. The smallest absolute Gasteiger partial charge is 0.237 e. The molecular formula is C17H29N3O4. The molecule has 0 unspecified atom stereocenters. The number of amides is 2. The number of carbonyl (C=O) groups excluding carboxylic acids is 2. The lowest BCUT2D eigenvalue weighted by molar-refractivity contribution is -0.190. The van der Waals surface area contributed by atoms with Crippen LogP contribution in [0.1, 0.15) is 26.7 Å². The molecule has 0 atom stereocenters. The van der Waals surface area contributed by atoms with Gasteiger partial charge in [0, 0.05) is 52.1 Å². The Morgan fingerprint density at radius 3 is 1.79 bits per heavy atom. The molecule has 24 heavy (non-hydrogen) atoms. The Morgan fingerprint density at radius 2 is 1.29 bits per heavy atom. The first-order valence-electron chi connectivity index (χ1n) is 8.89. The van der Waals surface area contributed by atoms with Crippen molar-refractivity contribution in [1.82, 2.24) is 14.7 Å². The van der Waals surface area contributed by atoms with E-state index in [4.69, 9.17) is 9.47 Å². The Hall–Kier alpha value is -1.18. The maximum atomic E-state index is 13.0. The molecule has 7 heteroatoms. The fraction of sp³-hybridized carbons (Fsp3) is 0.882. The van der Waals surface area contributed by atoms with Gasteiger partial charge in [-0.05, 0) is 20.9 Å². The predicted octanol–water partition coefficient (Wildman–Crippen LogP) is 0.152. The second-order valence-corrected chi connectivity index (χ2v) is 7.62. The third-order valence-electron chi connectivity index (χ3n) is 5.49. The van der Waals surface area contributed by atoms with E-state index in [1.54, 1.807) is 18.7 Å². The molecule has 3 aliphatic rings. The zero-order valence-electron chi connectivity index (χ0n) is 15.0. The van der Waals surface area contributed by atoms with Gasteiger partial charge in [0.2, 0.25) is 11.8 Å². The molecule has 3 rings (SSSR count). The molecule has 0 aliphatic carbocycles. The minimum Gasteiger partial charge on any atom is -0.347 e. The first-order chi connectivity index (χ1) is 11.3. The van der Waals surface area contributed by atoms with Crippen molar-refractivity contribution < 1.29 is 19.1 Å². The molecule has 3 saturated heterocycles. The molecule has 0 radical (unpaired) electrons. The van der Waals surface area contributed by atoms with Crippen LogP contribution in [0.2, 0.25) is 0 Å². The standard InChI is InChI=1S/C17H29N3O4/c1-16(2,15(22)20-10-8-18(3)9-11-20)14(21)19-6-4-17(5-7-19)23-12-13-24-17/h4-13H2,1-3H3. The van der Waals surface area contributed by atoms with E-state index in [9.17, 15) is 9.59 Å². The lowest BCUT2D eigenvalue weighted by Gasteiger charge is -2.42. The Kier molecular flexibility index (Phi) is 4.86. The maximum Gasteiger partial charge on any atom is 0.237 e. The molecule has 1 spiro atoms. The van der Waals surface area contributed by atoms with Crippen LogP contribution < -0.4 is 0 Å². The summed E-state index contributed by atoms with van der Waals surface area (Å²) in [5.41, 5.74) is -1.02. The highest BCUT2D eigenvalue weighted by atomic mass is 16.7. The SMILES string of the molecule is CN1CCN(C(=O)C(C)(C)C(=O)N2CCC3(CC2)OCCO3)CC1. The molecule has 3 heterocycles. The number of hydrogen-bond acceptors (Lipinski definition) is 5. The summed E-state index contributed by atoms with van der Waals surface area (Å²) in [7, 11) is 2.05. The molecule has 0 aromatic heterocycles. The van der Waals surface area contributed by atoms with Crippen molar-refractivity contribution in [2.24, 2.45) is 5.41 Å². The number of likely N-dealkylation sites (N-methyl/N-ethyl adjacent to an activating group) is 1. The quantitative estimate of drug-likeness (QED) is 0.671. The van der Waals surface area contributed by atoms with Gasteiger partial charge in [-0.25, -0.2) is 0 Å². The zero-order chi connectivity index (χ0) is 17.4. The van der Waals surface area contributed by atoms with Gasteiger partial charge in [0.1, 0.15) is 5.41 Å². The molecule has 0 aromatic carbocycles. The molecule has 2 amide bonds. The van der Waals surface area contributed by atoms with Crippen LogP contribution in [0.15, 0.2) is 0 Å². The third kappa shape index (κ3) is 3.30. The summed E-state index contributed by atoms with van der Waals surface area (Å²) in [6.45, 7) is 9.02. The van der Waals surface area contributed by atoms with Gasteiger partial charge in [0.05, 0.1) is 13.2 Å². The van der Waals surface area contributed by atoms with Gasteiger partial charge in [-0.3, -0.25) is 9.59 Å². The molecule has 0 N–H and O–H groups in total. The van der Waals surface area contributed by atoms with Crippen molar-refractivity contribution in [3.63, 3.8) is 0 Å². The van der Waals surface area contributed by atoms with E-state index >= 15 is 0 Å². The normalized spacial score (nSPS) is 25.3. The van der Waals surface area contributed by atoms with Crippen molar-refractivity contribution in [3.05, 3.63) is 0 Å². The number of ether oxygens (including phenoxy) is 2. The molecule has 3 fully saturated rings. The van der Waals surface area contributed by atoms with E-state index in [2.05, 4.69) is 11.9 Å². The topological polar surface area (TPSA) is 62.3 Å². The number of piperidine rings is 1. The Labute approximate surface area is 143 Å². The highest BCUT2D eigenvalue weighted by molar-refractivity contribution is 6.04. The van der Waals surface area contributed by atoms with Crippen molar-refractivity contribution >= 4 is 11.8 Å². The van der Waals surface area contributed by atoms with Crippen molar-refractivity contribution in [1.29, 1.82) is 0 Å². The van der Waals surface area contributed by atoms with Crippen LogP contribution in [-0.2, 0) is 19.1 Å². The molecule has 136 valence electrons. The lowest BCUT2D eigenvalue weighted by Crippen LogP contribution is -2.57. The first kappa shape index (κ1) is 17.6. The Morgan fingerprint density at radius 1 is 0.833 bits per heavy atom. The highest BCUT2D eigenvalue weighted by Crippen LogP contribution is 2.33. The van der Waals surface area contributed by atoms with Gasteiger partial charge in [0.25, 0.3) is 0 Å². The van der Waals surface area contributed by atoms with E-state index in [1.807, 2.05) is 4.90 Å². The molecular weight excluding hydrogens is 310 g/mol. The summed E-state index contributed by atoms with van der Waals surface area (Å²) < 4.78 is 11.4. The summed E-state index contributed by atoms with van der Waals surface area (Å²) in [4.78, 5) is 31.6. The van der Waals surface area contributed by atoms with E-state index in [-0.39, 0.29) is 11.8 Å². The lowest BCUT2D eigenvalue weighted by atomic mass is 9.88. The second-order valence-electron chi connectivity index (χ2n) is 7.62. The molecule has 0 saturated carbocycles. The average Bonchev–Trinajstić information content (AvgIpc) is 3.03. The van der Waals surface area contributed by atoms with Gasteiger partial charge in [0.15, 0.2) is 5.79 Å². The second kappa shape index (κ2) is 6.61. The van der Waals surface area contributed by atoms with Gasteiger partial charge < -0.3 is 24.2 Å². The number of likely N-dealkylation sites (tertiary alicyclic amines) is 1. The number of piperazine rings is 1. The summed E-state index contributed by atoms with van der Waals surface area (Å²) >= 11 is 0. The van der Waals surface area contributed by atoms with E-state index in [0.29, 0.717) is 52.2 Å². The van der Waals surface area contributed by atoms with Crippen LogP contribution in [0, 0.1) is 5.41 Å². The van der Waals surface area contributed by atoms with Crippen molar-refractivity contribution in [2.75, 3.05) is 59.5 Å². The van der Waals surface area contributed by atoms with E-state index < -0.39 is 11.2 Å². The molecule has 0 bridgehead atoms. The van der Waals surface area contributed by atoms with Gasteiger partial charge in [-0.1, -0.05) is 0 Å². The van der Waals surface area contributed by atoms with Crippen LogP contribution in [0.4, 0.5) is 0 Å². The van der Waals surface area contributed by atoms with Gasteiger partial charge >= 0.3 is 0 Å². The third-order valence-corrected chi connectivity index (χ3v) is 5.49. The minimum atomic E-state index is -1.02. The Bertz CT molecular complexity index is 484. The number of carbonyl (C=O) groups is 2. The van der Waals surface area contributed by atoms with Gasteiger partial charge in [-0.2, -0.15) is 0 Å². The van der Waals surface area contributed by atoms with Crippen LogP contribution in [0.3, 0.4) is 0 Å². The summed E-state index contributed by atoms with van der Waals surface area (Å²) in [6, 6.07) is 0. The van der Waals surface area contributed by atoms with E-state index in [0.717, 1.165) is 13.1 Å². The maximum absolute atomic E-state index is 13.0. The molecule has 7 nitrogen and oxygen atoms in total. The average molecular weight is 339 g/mol. The summed E-state index contributed by atoms with van der Waals surface area (Å²) in [5.74, 6) is -0.643. The van der Waals surface area contributed by atoms with Crippen molar-refractivity contribution in [3.8, 4) is 0 Å². The fourth-order valence-electron chi connectivity index (χ4n) is 3.73. The van der Waals surface area contributed by atoms with Crippen LogP contribution in [0.5, 0.6) is 0 Å². The molecule has 0 aromatic rings. The predicted molar refractivity (Wildman–Crippen MR) is 88.3 cm³/mol. The van der Waals surface area contributed by atoms with E-state index in [1.165, 1.54) is 0 Å². The fourth-order valence-corrected chi connectivity index (χ4v) is 3.73. The van der Waals surface area contributed by atoms with Gasteiger partial charge in [-0.15, -0.1) is 0 Å². The first-order valence-corrected chi connectivity index (χ1v) is 8.89. The summed E-state index contributed by atoms with van der Waals surface area (Å²) in [6.07, 6.45) is 1.36. The number of rotatable bonds is 2. The zero-order valence-corrected chi connectivity index (χ0v) is 15.0. The number of hydrogen-bond donors (Lipinski definition) is 0. The summed E-state index contributed by atoms with van der Waals surface area (Å²) in [5, 5.41) is 0. The number of nitrogens with zero attached hydrogens (tertiary/aromatic N) is 3. The molecule has 3 aliphatic heterocycles.